The van der Waals surface area contributed by atoms with Crippen LogP contribution < -0.4 is 0 Å². The van der Waals surface area contributed by atoms with Crippen LogP contribution in [0.3, 0.4) is 0 Å². The van der Waals surface area contributed by atoms with Crippen LogP contribution in [0.25, 0.3) is 0 Å². The third-order valence-corrected chi connectivity index (χ3v) is 3.73. The molecule has 1 atom stereocenters. The first-order valence-electron chi connectivity index (χ1n) is 5.81. The van der Waals surface area contributed by atoms with Gasteiger partial charge in [0.25, 0.3) is 17.9 Å². The summed E-state index contributed by atoms with van der Waals surface area (Å²) in [7, 11) is 0. The third kappa shape index (κ3) is 2.76. The normalized spacial score (nSPS) is 19.0. The highest BCUT2D eigenvalue weighted by Gasteiger charge is 2.52. The van der Waals surface area contributed by atoms with Crippen LogP contribution in [0.4, 0.5) is 0 Å². The highest BCUT2D eigenvalue weighted by atomic mass is 32.2. The summed E-state index contributed by atoms with van der Waals surface area (Å²) in [5, 5.41) is 9.22. The summed E-state index contributed by atoms with van der Waals surface area (Å²) in [6.07, 6.45) is 0.451. The Bertz CT molecular complexity index is 529. The van der Waals surface area contributed by atoms with Crippen molar-refractivity contribution in [1.29, 1.82) is 0 Å². The lowest BCUT2D eigenvalue weighted by molar-refractivity contribution is -0.518. The SMILES string of the molecule is CCC(=O)N1C(=O)C(Cc2ccc(O)cc2)S[N+]1=O. The van der Waals surface area contributed by atoms with Gasteiger partial charge in [-0.25, -0.2) is 0 Å². The third-order valence-electron chi connectivity index (χ3n) is 2.76. The van der Waals surface area contributed by atoms with Crippen molar-refractivity contribution in [2.45, 2.75) is 25.0 Å². The second-order valence-electron chi connectivity index (χ2n) is 4.10. The number of rotatable bonds is 3. The number of carbonyl (C=O) groups excluding carboxylic acids is 2. The number of phenols is 1. The van der Waals surface area contributed by atoms with E-state index in [1.165, 1.54) is 12.1 Å². The van der Waals surface area contributed by atoms with Crippen molar-refractivity contribution in [2.24, 2.45) is 0 Å². The molecular weight excluding hydrogens is 268 g/mol. The molecule has 1 aromatic carbocycles. The molecule has 7 heteroatoms. The van der Waals surface area contributed by atoms with E-state index in [4.69, 9.17) is 0 Å². The number of aromatic hydroxyl groups is 1. The van der Waals surface area contributed by atoms with Crippen molar-refractivity contribution in [2.75, 3.05) is 0 Å². The number of nitrogens with zero attached hydrogens (tertiary/aromatic N) is 2. The molecule has 1 saturated heterocycles. The monoisotopic (exact) mass is 281 g/mol. The Balaban J connectivity index is 2.11. The van der Waals surface area contributed by atoms with Gasteiger partial charge in [0, 0.05) is 11.4 Å². The zero-order chi connectivity index (χ0) is 14.0. The molecule has 0 aromatic heterocycles. The summed E-state index contributed by atoms with van der Waals surface area (Å²) in [4.78, 5) is 35.0. The molecule has 0 saturated carbocycles. The van der Waals surface area contributed by atoms with Crippen LogP contribution in [0.5, 0.6) is 5.75 Å². The Labute approximate surface area is 114 Å². The van der Waals surface area contributed by atoms with Gasteiger partial charge in [0.1, 0.15) is 5.75 Å². The standard InChI is InChI=1S/C12H12N2O4S/c1-2-11(16)13-12(17)10(19-14(13)18)7-8-3-5-9(15)6-4-8/h3-6,10H,2,7H2,1H3/p+1. The van der Waals surface area contributed by atoms with Gasteiger partial charge in [-0.3, -0.25) is 9.59 Å². The first-order chi connectivity index (χ1) is 9.02. The van der Waals surface area contributed by atoms with E-state index in [-0.39, 0.29) is 12.2 Å². The van der Waals surface area contributed by atoms with E-state index in [2.05, 4.69) is 0 Å². The molecule has 0 bridgehead atoms. The first-order valence-corrected chi connectivity index (χ1v) is 6.65. The predicted molar refractivity (Wildman–Crippen MR) is 69.0 cm³/mol. The summed E-state index contributed by atoms with van der Waals surface area (Å²) in [6, 6.07) is 6.40. The van der Waals surface area contributed by atoms with Gasteiger partial charge >= 0.3 is 5.91 Å². The Morgan fingerprint density at radius 1 is 1.42 bits per heavy atom. The van der Waals surface area contributed by atoms with Crippen molar-refractivity contribution in [1.82, 2.24) is 5.01 Å². The Morgan fingerprint density at radius 2 is 2.05 bits per heavy atom. The van der Waals surface area contributed by atoms with Crippen molar-refractivity contribution in [3.05, 3.63) is 34.7 Å². The number of benzene rings is 1. The zero-order valence-corrected chi connectivity index (χ0v) is 11.1. The van der Waals surface area contributed by atoms with Gasteiger partial charge in [0.2, 0.25) is 4.27 Å². The lowest BCUT2D eigenvalue weighted by Gasteiger charge is -2.03. The van der Waals surface area contributed by atoms with E-state index >= 15 is 0 Å². The number of amides is 2. The maximum Gasteiger partial charge on any atom is 0.312 e. The van der Waals surface area contributed by atoms with E-state index in [0.29, 0.717) is 15.7 Å². The second-order valence-corrected chi connectivity index (χ2v) is 5.19. The molecule has 1 aromatic rings. The molecule has 1 unspecified atom stereocenters. The maximum absolute atomic E-state index is 12.0. The van der Waals surface area contributed by atoms with Crippen molar-refractivity contribution in [3.8, 4) is 5.75 Å². The molecule has 1 heterocycles. The summed E-state index contributed by atoms with van der Waals surface area (Å²) in [6.45, 7) is 1.60. The zero-order valence-electron chi connectivity index (χ0n) is 10.3. The van der Waals surface area contributed by atoms with E-state index in [1.807, 2.05) is 0 Å². The van der Waals surface area contributed by atoms with Gasteiger partial charge < -0.3 is 5.11 Å². The Hall–Kier alpha value is -1.89. The quantitative estimate of drug-likeness (QED) is 0.669. The highest BCUT2D eigenvalue weighted by molar-refractivity contribution is 7.95. The number of nitroso groups, excluding NO2 is 1. The molecule has 2 amide bonds. The fraction of sp³-hybridized carbons (Fsp3) is 0.333. The first kappa shape index (κ1) is 13.5. The summed E-state index contributed by atoms with van der Waals surface area (Å²) >= 11 is 0.795. The molecule has 2 rings (SSSR count). The van der Waals surface area contributed by atoms with Crippen LogP contribution in [-0.4, -0.2) is 31.5 Å². The molecule has 19 heavy (non-hydrogen) atoms. The van der Waals surface area contributed by atoms with Gasteiger partial charge in [0.05, 0.1) is 4.91 Å². The number of phenolic OH excluding ortho intramolecular Hbond substituents is 1. The molecule has 0 radical (unpaired) electrons. The minimum Gasteiger partial charge on any atom is -0.508 e. The molecule has 0 spiro atoms. The Kier molecular flexibility index (Phi) is 3.84. The lowest BCUT2D eigenvalue weighted by atomic mass is 10.1. The number of hydrazine groups is 1. The molecule has 1 aliphatic heterocycles. The second kappa shape index (κ2) is 5.40. The van der Waals surface area contributed by atoms with E-state index in [9.17, 15) is 19.6 Å². The minimum absolute atomic E-state index is 0.108. The molecule has 1 N–H and O–H groups in total. The van der Waals surface area contributed by atoms with Crippen LogP contribution in [0.15, 0.2) is 24.3 Å². The largest absolute Gasteiger partial charge is 0.508 e. The minimum atomic E-state index is -0.599. The number of hydrogen-bond acceptors (Lipinski definition) is 5. The smallest absolute Gasteiger partial charge is 0.312 e. The number of carbonyl (C=O) groups is 2. The highest BCUT2D eigenvalue weighted by Crippen LogP contribution is 2.28. The lowest BCUT2D eigenvalue weighted by Crippen LogP contribution is -2.38. The molecule has 100 valence electrons. The average Bonchev–Trinajstić information content (AvgIpc) is 2.66. The average molecular weight is 281 g/mol. The van der Waals surface area contributed by atoms with E-state index < -0.39 is 17.1 Å². The number of imide groups is 1. The maximum atomic E-state index is 12.0. The number of hydrogen-bond donors (Lipinski definition) is 1. The molecule has 6 nitrogen and oxygen atoms in total. The summed E-state index contributed by atoms with van der Waals surface area (Å²) < 4.78 is 0.346. The van der Waals surface area contributed by atoms with Crippen LogP contribution >= 0.6 is 11.9 Å². The van der Waals surface area contributed by atoms with Gasteiger partial charge in [-0.15, -0.1) is 0 Å². The van der Waals surface area contributed by atoms with Crippen LogP contribution in [0.2, 0.25) is 0 Å². The Morgan fingerprint density at radius 3 is 2.63 bits per heavy atom. The summed E-state index contributed by atoms with van der Waals surface area (Å²) in [5.41, 5.74) is 0.822. The van der Waals surface area contributed by atoms with Crippen LogP contribution in [-0.2, 0) is 16.0 Å². The van der Waals surface area contributed by atoms with Gasteiger partial charge in [-0.2, -0.15) is 0 Å². The van der Waals surface area contributed by atoms with E-state index in [0.717, 1.165) is 17.5 Å². The van der Waals surface area contributed by atoms with Crippen LogP contribution in [0, 0.1) is 4.91 Å². The van der Waals surface area contributed by atoms with Crippen molar-refractivity contribution >= 4 is 23.8 Å². The molecule has 1 aliphatic rings. The summed E-state index contributed by atoms with van der Waals surface area (Å²) in [5.74, 6) is -0.844. The van der Waals surface area contributed by atoms with Gasteiger partial charge in [-0.05, 0) is 24.1 Å². The van der Waals surface area contributed by atoms with E-state index in [1.54, 1.807) is 19.1 Å². The molecular formula is C12H13N2O4S+. The topological polar surface area (TPSA) is 77.7 Å². The van der Waals surface area contributed by atoms with Gasteiger partial charge in [0.15, 0.2) is 5.25 Å². The molecule has 0 aliphatic carbocycles. The predicted octanol–water partition coefficient (Wildman–Crippen LogP) is 1.42. The van der Waals surface area contributed by atoms with Crippen molar-refractivity contribution < 1.29 is 19.0 Å². The van der Waals surface area contributed by atoms with Crippen molar-refractivity contribution in [3.63, 3.8) is 0 Å². The molecule has 1 fully saturated rings. The fourth-order valence-electron chi connectivity index (χ4n) is 1.75. The van der Waals surface area contributed by atoms with Crippen LogP contribution in [0.1, 0.15) is 18.9 Å². The van der Waals surface area contributed by atoms with Gasteiger partial charge in [-0.1, -0.05) is 19.1 Å². The fourth-order valence-corrected chi connectivity index (χ4v) is 2.69.